The molecule has 0 aliphatic carbocycles. The van der Waals surface area contributed by atoms with Crippen molar-refractivity contribution in [2.45, 2.75) is 70.5 Å². The van der Waals surface area contributed by atoms with E-state index in [9.17, 15) is 8.42 Å². The van der Waals surface area contributed by atoms with Gasteiger partial charge in [-0.25, -0.2) is 18.1 Å². The summed E-state index contributed by atoms with van der Waals surface area (Å²) in [5.41, 5.74) is 0.878. The van der Waals surface area contributed by atoms with E-state index >= 15 is 0 Å². The Morgan fingerprint density at radius 2 is 2.16 bits per heavy atom. The maximum Gasteiger partial charge on any atom is 0.260 e. The minimum absolute atomic E-state index is 0.117. The Morgan fingerprint density at radius 3 is 2.74 bits per heavy atom. The largest absolute Gasteiger partial charge is 0.328 e. The van der Waals surface area contributed by atoms with Crippen LogP contribution in [0, 0.1) is 6.92 Å². The molecular formula is C13H23N3O2S. The summed E-state index contributed by atoms with van der Waals surface area (Å²) in [5, 5.41) is 0.233. The number of nitrogens with zero attached hydrogens (tertiary/aromatic N) is 2. The molecule has 6 heteroatoms. The zero-order chi connectivity index (χ0) is 14.2. The molecule has 19 heavy (non-hydrogen) atoms. The van der Waals surface area contributed by atoms with Gasteiger partial charge in [-0.2, -0.15) is 0 Å². The second kappa shape index (κ2) is 5.25. The van der Waals surface area contributed by atoms with Crippen LogP contribution < -0.4 is 4.72 Å². The van der Waals surface area contributed by atoms with Gasteiger partial charge in [0.1, 0.15) is 5.82 Å². The first-order chi connectivity index (χ1) is 8.86. The van der Waals surface area contributed by atoms with E-state index < -0.39 is 10.0 Å². The molecule has 0 radical (unpaired) electrons. The van der Waals surface area contributed by atoms with Gasteiger partial charge >= 0.3 is 0 Å². The molecule has 1 aliphatic heterocycles. The number of hydrogen-bond acceptors (Lipinski definition) is 3. The Bertz CT molecular complexity index is 561. The van der Waals surface area contributed by atoms with Crippen LogP contribution in [-0.2, 0) is 16.4 Å². The van der Waals surface area contributed by atoms with Crippen molar-refractivity contribution in [3.63, 3.8) is 0 Å². The van der Waals surface area contributed by atoms with Gasteiger partial charge in [0.15, 0.2) is 5.03 Å². The van der Waals surface area contributed by atoms with E-state index in [1.54, 1.807) is 0 Å². The van der Waals surface area contributed by atoms with Crippen molar-refractivity contribution in [3.8, 4) is 0 Å². The molecule has 0 spiro atoms. The number of rotatable bonds is 4. The fourth-order valence-electron chi connectivity index (χ4n) is 2.88. The topological polar surface area (TPSA) is 64.0 Å². The zero-order valence-corrected chi connectivity index (χ0v) is 12.9. The minimum atomic E-state index is -3.49. The number of hydrogen-bond donors (Lipinski definition) is 1. The fraction of sp³-hybridized carbons (Fsp3) is 0.769. The van der Waals surface area contributed by atoms with Gasteiger partial charge in [0.25, 0.3) is 10.0 Å². The van der Waals surface area contributed by atoms with Gasteiger partial charge in [-0.05, 0) is 46.5 Å². The lowest BCUT2D eigenvalue weighted by molar-refractivity contribution is 0.381. The third-order valence-corrected chi connectivity index (χ3v) is 5.20. The van der Waals surface area contributed by atoms with Gasteiger partial charge in [-0.15, -0.1) is 0 Å². The van der Waals surface area contributed by atoms with E-state index in [2.05, 4.69) is 21.2 Å². The van der Waals surface area contributed by atoms with Crippen molar-refractivity contribution >= 4 is 10.0 Å². The highest BCUT2D eigenvalue weighted by molar-refractivity contribution is 7.89. The summed E-state index contributed by atoms with van der Waals surface area (Å²) < 4.78 is 29.4. The van der Waals surface area contributed by atoms with Crippen LogP contribution in [0.2, 0.25) is 0 Å². The van der Waals surface area contributed by atoms with Gasteiger partial charge in [0.05, 0.1) is 5.69 Å². The Kier molecular flexibility index (Phi) is 4.01. The summed E-state index contributed by atoms with van der Waals surface area (Å²) in [7, 11) is -3.49. The zero-order valence-electron chi connectivity index (χ0n) is 12.1. The normalized spacial score (nSPS) is 19.7. The molecular weight excluding hydrogens is 262 g/mol. The maximum absolute atomic E-state index is 12.3. The molecule has 1 aromatic rings. The molecule has 0 bridgehead atoms. The second-order valence-electron chi connectivity index (χ2n) is 5.51. The number of aromatic nitrogens is 2. The smallest absolute Gasteiger partial charge is 0.260 e. The predicted molar refractivity (Wildman–Crippen MR) is 74.7 cm³/mol. The van der Waals surface area contributed by atoms with Crippen molar-refractivity contribution < 1.29 is 8.42 Å². The van der Waals surface area contributed by atoms with Crippen LogP contribution in [0.5, 0.6) is 0 Å². The van der Waals surface area contributed by atoms with Crippen LogP contribution in [0.4, 0.5) is 0 Å². The van der Waals surface area contributed by atoms with Crippen LogP contribution in [0.3, 0.4) is 0 Å². The van der Waals surface area contributed by atoms with Gasteiger partial charge < -0.3 is 4.57 Å². The van der Waals surface area contributed by atoms with Gasteiger partial charge in [0, 0.05) is 12.1 Å². The van der Waals surface area contributed by atoms with E-state index in [1.165, 1.54) is 0 Å². The molecule has 0 saturated heterocycles. The molecule has 0 aromatic carbocycles. The van der Waals surface area contributed by atoms with Crippen molar-refractivity contribution in [1.82, 2.24) is 14.3 Å². The fourth-order valence-corrected chi connectivity index (χ4v) is 4.37. The first-order valence-electron chi connectivity index (χ1n) is 6.96. The summed E-state index contributed by atoms with van der Waals surface area (Å²) in [5.74, 6) is 0.811. The summed E-state index contributed by atoms with van der Waals surface area (Å²) in [6.45, 7) is 7.68. The van der Waals surface area contributed by atoms with Crippen LogP contribution >= 0.6 is 0 Å². The average molecular weight is 285 g/mol. The summed E-state index contributed by atoms with van der Waals surface area (Å²) in [4.78, 5) is 4.33. The molecule has 2 heterocycles. The molecule has 1 aromatic heterocycles. The van der Waals surface area contributed by atoms with Crippen molar-refractivity contribution in [2.75, 3.05) is 0 Å². The molecule has 0 amide bonds. The second-order valence-corrected chi connectivity index (χ2v) is 7.14. The van der Waals surface area contributed by atoms with Crippen LogP contribution in [0.25, 0.3) is 0 Å². The summed E-state index contributed by atoms with van der Waals surface area (Å²) in [6, 6.07) is 0.271. The molecule has 2 rings (SSSR count). The molecule has 5 nitrogen and oxygen atoms in total. The van der Waals surface area contributed by atoms with Crippen LogP contribution in [-0.4, -0.2) is 24.0 Å². The number of fused-ring (bicyclic) bond motifs is 1. The van der Waals surface area contributed by atoms with E-state index in [1.807, 2.05) is 20.8 Å². The molecule has 1 aliphatic rings. The van der Waals surface area contributed by atoms with Crippen molar-refractivity contribution in [1.29, 1.82) is 0 Å². The molecule has 108 valence electrons. The monoisotopic (exact) mass is 285 g/mol. The number of imidazole rings is 1. The SMILES string of the molecule is CCC1CCCc2c(S(=O)(=O)NC(C)C)nc(C)n21. The Balaban J connectivity index is 2.50. The minimum Gasteiger partial charge on any atom is -0.328 e. The highest BCUT2D eigenvalue weighted by atomic mass is 32.2. The maximum atomic E-state index is 12.3. The predicted octanol–water partition coefficient (Wildman–Crippen LogP) is 2.17. The average Bonchev–Trinajstić information content (AvgIpc) is 2.66. The number of aryl methyl sites for hydroxylation is 1. The standard InChI is InChI=1S/C13H23N3O2S/c1-5-11-7-6-8-12-13(14-10(4)16(11)12)19(17,18)15-9(2)3/h9,11,15H,5-8H2,1-4H3. The lowest BCUT2D eigenvalue weighted by Crippen LogP contribution is -2.31. The third kappa shape index (κ3) is 2.69. The molecule has 0 fully saturated rings. The van der Waals surface area contributed by atoms with Crippen LogP contribution in [0.15, 0.2) is 5.03 Å². The lowest BCUT2D eigenvalue weighted by Gasteiger charge is -2.26. The number of sulfonamides is 1. The first kappa shape index (κ1) is 14.5. The van der Waals surface area contributed by atoms with Crippen molar-refractivity contribution in [2.24, 2.45) is 0 Å². The highest BCUT2D eigenvalue weighted by Gasteiger charge is 2.30. The van der Waals surface area contributed by atoms with E-state index in [0.717, 1.165) is 37.2 Å². The summed E-state index contributed by atoms with van der Waals surface area (Å²) in [6.07, 6.45) is 3.96. The van der Waals surface area contributed by atoms with Gasteiger partial charge in [0.2, 0.25) is 0 Å². The highest BCUT2D eigenvalue weighted by Crippen LogP contribution is 2.32. The lowest BCUT2D eigenvalue weighted by atomic mass is 10.0. The quantitative estimate of drug-likeness (QED) is 0.922. The van der Waals surface area contributed by atoms with E-state index in [0.29, 0.717) is 6.04 Å². The molecule has 1 unspecified atom stereocenters. The van der Waals surface area contributed by atoms with Crippen molar-refractivity contribution in [3.05, 3.63) is 11.5 Å². The van der Waals surface area contributed by atoms with Gasteiger partial charge in [-0.1, -0.05) is 6.92 Å². The van der Waals surface area contributed by atoms with E-state index in [-0.39, 0.29) is 11.1 Å². The summed E-state index contributed by atoms with van der Waals surface area (Å²) >= 11 is 0. The molecule has 0 saturated carbocycles. The Hall–Kier alpha value is -0.880. The molecule has 1 N–H and O–H groups in total. The number of nitrogens with one attached hydrogen (secondary N) is 1. The van der Waals surface area contributed by atoms with E-state index in [4.69, 9.17) is 0 Å². The first-order valence-corrected chi connectivity index (χ1v) is 8.45. The Morgan fingerprint density at radius 1 is 1.47 bits per heavy atom. The Labute approximate surface area is 115 Å². The van der Waals surface area contributed by atoms with Gasteiger partial charge in [-0.3, -0.25) is 0 Å². The van der Waals surface area contributed by atoms with Crippen LogP contribution in [0.1, 0.15) is 57.6 Å². The molecule has 1 atom stereocenters. The third-order valence-electron chi connectivity index (χ3n) is 3.58.